The van der Waals surface area contributed by atoms with Crippen molar-refractivity contribution in [3.05, 3.63) is 0 Å². The summed E-state index contributed by atoms with van der Waals surface area (Å²) < 4.78 is 0. The van der Waals surface area contributed by atoms with E-state index in [1.165, 1.54) is 0 Å². The maximum atomic E-state index is 12.7. The van der Waals surface area contributed by atoms with Gasteiger partial charge in [0.05, 0.1) is 0 Å². The van der Waals surface area contributed by atoms with Gasteiger partial charge in [-0.3, -0.25) is 9.59 Å². The fourth-order valence-corrected chi connectivity index (χ4v) is 2.90. The van der Waals surface area contributed by atoms with Crippen LogP contribution in [0.25, 0.3) is 0 Å². The minimum Gasteiger partial charge on any atom is -0.340 e. The summed E-state index contributed by atoms with van der Waals surface area (Å²) in [5.74, 6) is 0.824. The first-order chi connectivity index (χ1) is 8.73. The molecular weight excluding hydrogens is 240 g/mol. The zero-order valence-electron chi connectivity index (χ0n) is 12.7. The van der Waals surface area contributed by atoms with Gasteiger partial charge in [0.15, 0.2) is 0 Å². The number of carbonyl (C=O) groups excluding carboxylic acids is 2. The smallest absolute Gasteiger partial charge is 0.248 e. The molecule has 1 aliphatic heterocycles. The van der Waals surface area contributed by atoms with E-state index in [-0.39, 0.29) is 11.8 Å². The van der Waals surface area contributed by atoms with E-state index in [1.807, 2.05) is 11.8 Å². The Hall–Kier alpha value is -1.06. The second kappa shape index (κ2) is 4.50. The van der Waals surface area contributed by atoms with Crippen molar-refractivity contribution in [1.29, 1.82) is 0 Å². The van der Waals surface area contributed by atoms with Crippen molar-refractivity contribution in [3.8, 4) is 0 Å². The number of hydrogen-bond acceptors (Lipinski definition) is 2. The summed E-state index contributed by atoms with van der Waals surface area (Å²) in [4.78, 5) is 27.1. The van der Waals surface area contributed by atoms with Crippen LogP contribution >= 0.6 is 0 Å². The van der Waals surface area contributed by atoms with Gasteiger partial charge in [-0.1, -0.05) is 20.3 Å². The minimum absolute atomic E-state index is 0.0166. The summed E-state index contributed by atoms with van der Waals surface area (Å²) in [6.45, 7) is 10.5. The molecule has 2 rings (SSSR count). The van der Waals surface area contributed by atoms with Gasteiger partial charge in [0.1, 0.15) is 11.1 Å². The van der Waals surface area contributed by atoms with Gasteiger partial charge in [-0.15, -0.1) is 0 Å². The highest BCUT2D eigenvalue weighted by atomic mass is 16.2. The monoisotopic (exact) mass is 266 g/mol. The topological polar surface area (TPSA) is 49.4 Å². The first kappa shape index (κ1) is 14.4. The Bertz CT molecular complexity index is 401. The van der Waals surface area contributed by atoms with Crippen molar-refractivity contribution in [1.82, 2.24) is 10.2 Å². The Kier molecular flexibility index (Phi) is 3.40. The Morgan fingerprint density at radius 2 is 1.89 bits per heavy atom. The van der Waals surface area contributed by atoms with Gasteiger partial charge in [0.25, 0.3) is 0 Å². The highest BCUT2D eigenvalue weighted by Gasteiger charge is 2.58. The van der Waals surface area contributed by atoms with Crippen LogP contribution in [0.15, 0.2) is 0 Å². The number of amides is 2. The van der Waals surface area contributed by atoms with Gasteiger partial charge in [0.2, 0.25) is 11.8 Å². The van der Waals surface area contributed by atoms with Crippen molar-refractivity contribution in [2.45, 2.75) is 65.0 Å². The molecule has 108 valence electrons. The fourth-order valence-electron chi connectivity index (χ4n) is 2.90. The van der Waals surface area contributed by atoms with Gasteiger partial charge in [-0.25, -0.2) is 0 Å². The van der Waals surface area contributed by atoms with E-state index in [4.69, 9.17) is 0 Å². The average molecular weight is 266 g/mol. The van der Waals surface area contributed by atoms with Crippen LogP contribution in [0, 0.1) is 11.8 Å². The van der Waals surface area contributed by atoms with Crippen molar-refractivity contribution >= 4 is 11.8 Å². The maximum absolute atomic E-state index is 12.7. The third-order valence-electron chi connectivity index (χ3n) is 4.79. The number of nitrogens with one attached hydrogen (secondary N) is 1. The molecule has 0 spiro atoms. The Labute approximate surface area is 115 Å². The lowest BCUT2D eigenvalue weighted by atomic mass is 9.83. The zero-order chi connectivity index (χ0) is 14.4. The highest BCUT2D eigenvalue weighted by Crippen LogP contribution is 2.46. The molecule has 1 N–H and O–H groups in total. The summed E-state index contributed by atoms with van der Waals surface area (Å²) >= 11 is 0. The number of nitrogens with zero attached hydrogens (tertiary/aromatic N) is 1. The predicted octanol–water partition coefficient (Wildman–Crippen LogP) is 1.94. The molecule has 2 unspecified atom stereocenters. The molecule has 0 aromatic carbocycles. The third kappa shape index (κ3) is 2.26. The van der Waals surface area contributed by atoms with Crippen LogP contribution in [0.1, 0.15) is 53.9 Å². The SMILES string of the molecule is CCC(C)CN1C(=O)C(C)(C)NC(=O)C1(C)C1CC1. The van der Waals surface area contributed by atoms with Gasteiger partial charge >= 0.3 is 0 Å². The van der Waals surface area contributed by atoms with E-state index in [2.05, 4.69) is 19.2 Å². The van der Waals surface area contributed by atoms with E-state index < -0.39 is 11.1 Å². The molecule has 0 aromatic heterocycles. The fraction of sp³-hybridized carbons (Fsp3) is 0.867. The molecular formula is C15H26N2O2. The summed E-state index contributed by atoms with van der Waals surface area (Å²) in [5, 5.41) is 2.91. The standard InChI is InChI=1S/C15H26N2O2/c1-6-10(2)9-17-13(19)14(3,4)16-12(18)15(17,5)11-7-8-11/h10-11H,6-9H2,1-5H3,(H,16,18). The zero-order valence-corrected chi connectivity index (χ0v) is 12.7. The molecule has 2 fully saturated rings. The van der Waals surface area contributed by atoms with Crippen LogP contribution in [0.5, 0.6) is 0 Å². The largest absolute Gasteiger partial charge is 0.340 e. The van der Waals surface area contributed by atoms with Crippen LogP contribution < -0.4 is 5.32 Å². The summed E-state index contributed by atoms with van der Waals surface area (Å²) in [6.07, 6.45) is 3.12. The van der Waals surface area contributed by atoms with Crippen LogP contribution in [-0.4, -0.2) is 34.3 Å². The van der Waals surface area contributed by atoms with Crippen molar-refractivity contribution in [2.24, 2.45) is 11.8 Å². The molecule has 1 saturated heterocycles. The van der Waals surface area contributed by atoms with E-state index in [9.17, 15) is 9.59 Å². The Balaban J connectivity index is 2.34. The van der Waals surface area contributed by atoms with E-state index in [0.29, 0.717) is 18.4 Å². The molecule has 1 heterocycles. The number of hydrogen-bond donors (Lipinski definition) is 1. The lowest BCUT2D eigenvalue weighted by Crippen LogP contribution is -2.74. The molecule has 2 aliphatic rings. The quantitative estimate of drug-likeness (QED) is 0.845. The molecule has 4 heteroatoms. The van der Waals surface area contributed by atoms with Crippen molar-refractivity contribution < 1.29 is 9.59 Å². The second-order valence-electron chi connectivity index (χ2n) is 6.93. The van der Waals surface area contributed by atoms with Crippen molar-refractivity contribution in [3.63, 3.8) is 0 Å². The summed E-state index contributed by atoms with van der Waals surface area (Å²) in [5.41, 5.74) is -1.42. The second-order valence-corrected chi connectivity index (χ2v) is 6.93. The number of carbonyl (C=O) groups is 2. The van der Waals surface area contributed by atoms with E-state index in [0.717, 1.165) is 19.3 Å². The molecule has 2 amide bonds. The first-order valence-electron chi connectivity index (χ1n) is 7.38. The third-order valence-corrected chi connectivity index (χ3v) is 4.79. The molecule has 0 aromatic rings. The summed E-state index contributed by atoms with van der Waals surface area (Å²) in [7, 11) is 0. The van der Waals surface area contributed by atoms with Gasteiger partial charge in [0, 0.05) is 6.54 Å². The molecule has 4 nitrogen and oxygen atoms in total. The normalized spacial score (nSPS) is 32.2. The van der Waals surface area contributed by atoms with E-state index in [1.54, 1.807) is 13.8 Å². The van der Waals surface area contributed by atoms with Gasteiger partial charge in [-0.05, 0) is 45.4 Å². The lowest BCUT2D eigenvalue weighted by molar-refractivity contribution is -0.163. The number of piperazine rings is 1. The van der Waals surface area contributed by atoms with Gasteiger partial charge < -0.3 is 10.2 Å². The molecule has 0 bridgehead atoms. The van der Waals surface area contributed by atoms with Crippen LogP contribution in [-0.2, 0) is 9.59 Å². The maximum Gasteiger partial charge on any atom is 0.248 e. The summed E-state index contributed by atoms with van der Waals surface area (Å²) in [6, 6.07) is 0. The Morgan fingerprint density at radius 3 is 2.37 bits per heavy atom. The molecule has 1 saturated carbocycles. The molecule has 1 aliphatic carbocycles. The van der Waals surface area contributed by atoms with Crippen LogP contribution in [0.3, 0.4) is 0 Å². The van der Waals surface area contributed by atoms with Gasteiger partial charge in [-0.2, -0.15) is 0 Å². The molecule has 0 radical (unpaired) electrons. The van der Waals surface area contributed by atoms with E-state index >= 15 is 0 Å². The number of rotatable bonds is 4. The van der Waals surface area contributed by atoms with Crippen molar-refractivity contribution in [2.75, 3.05) is 6.54 Å². The average Bonchev–Trinajstić information content (AvgIpc) is 3.16. The highest BCUT2D eigenvalue weighted by molar-refractivity contribution is 6.02. The molecule has 2 atom stereocenters. The lowest BCUT2D eigenvalue weighted by Gasteiger charge is -2.50. The predicted molar refractivity (Wildman–Crippen MR) is 74.5 cm³/mol. The van der Waals surface area contributed by atoms with Crippen LogP contribution in [0.2, 0.25) is 0 Å². The van der Waals surface area contributed by atoms with Crippen LogP contribution in [0.4, 0.5) is 0 Å². The Morgan fingerprint density at radius 1 is 1.32 bits per heavy atom. The minimum atomic E-state index is -0.779. The first-order valence-corrected chi connectivity index (χ1v) is 7.38. The molecule has 19 heavy (non-hydrogen) atoms.